The molecule has 106 valence electrons. The van der Waals surface area contributed by atoms with E-state index in [9.17, 15) is 0 Å². The second kappa shape index (κ2) is 5.79. The van der Waals surface area contributed by atoms with Crippen LogP contribution >= 0.6 is 11.6 Å². The highest BCUT2D eigenvalue weighted by molar-refractivity contribution is 6.31. The minimum atomic E-state index is 0.796. The van der Waals surface area contributed by atoms with Crippen LogP contribution in [0, 0.1) is 0 Å². The Morgan fingerprint density at radius 3 is 2.38 bits per heavy atom. The van der Waals surface area contributed by atoms with Crippen LogP contribution in [0.3, 0.4) is 0 Å². The van der Waals surface area contributed by atoms with Crippen molar-refractivity contribution < 1.29 is 0 Å². The van der Waals surface area contributed by atoms with Gasteiger partial charge in [0.05, 0.1) is 11.2 Å². The molecule has 0 saturated heterocycles. The number of hydrogen-bond acceptors (Lipinski definition) is 0. The summed E-state index contributed by atoms with van der Waals surface area (Å²) in [6.07, 6.45) is 3.05. The molecular weight excluding hydrogens is 278 g/mol. The Morgan fingerprint density at radius 1 is 1.05 bits per heavy atom. The van der Waals surface area contributed by atoms with Crippen LogP contribution in [-0.4, -0.2) is 4.57 Å². The molecule has 1 aromatic heterocycles. The fraction of sp³-hybridized carbons (Fsp3) is 0.158. The standard InChI is InChI=1S/C19H18ClN/c1-3-16-17-11-7-8-12-18(17)21(19(16)13-14(2)20)15-9-5-4-6-10-15/h4-13H,3H2,1-2H3/b14-13+. The van der Waals surface area contributed by atoms with E-state index in [4.69, 9.17) is 11.6 Å². The maximum atomic E-state index is 6.18. The summed E-state index contributed by atoms with van der Waals surface area (Å²) in [6.45, 7) is 4.12. The zero-order valence-electron chi connectivity index (χ0n) is 12.3. The Balaban J connectivity index is 2.43. The van der Waals surface area contributed by atoms with E-state index in [2.05, 4.69) is 66.1 Å². The Bertz CT molecular complexity index is 793. The predicted molar refractivity (Wildman–Crippen MR) is 92.2 cm³/mol. The van der Waals surface area contributed by atoms with Crippen molar-refractivity contribution in [3.05, 3.63) is 70.9 Å². The topological polar surface area (TPSA) is 4.93 Å². The fourth-order valence-corrected chi connectivity index (χ4v) is 3.00. The number of hydrogen-bond donors (Lipinski definition) is 0. The molecule has 0 aliphatic rings. The maximum absolute atomic E-state index is 6.18. The number of aryl methyl sites for hydroxylation is 1. The zero-order chi connectivity index (χ0) is 14.8. The van der Waals surface area contributed by atoms with Crippen molar-refractivity contribution >= 4 is 28.6 Å². The Kier molecular flexibility index (Phi) is 3.85. The molecule has 1 heterocycles. The summed E-state index contributed by atoms with van der Waals surface area (Å²) < 4.78 is 2.29. The summed E-state index contributed by atoms with van der Waals surface area (Å²) in [6, 6.07) is 19.0. The summed E-state index contributed by atoms with van der Waals surface area (Å²) >= 11 is 6.18. The molecule has 0 atom stereocenters. The van der Waals surface area contributed by atoms with Crippen molar-refractivity contribution in [2.75, 3.05) is 0 Å². The third-order valence-electron chi connectivity index (χ3n) is 3.72. The first-order valence-electron chi connectivity index (χ1n) is 7.24. The minimum Gasteiger partial charge on any atom is -0.310 e. The van der Waals surface area contributed by atoms with Gasteiger partial charge in [0.1, 0.15) is 0 Å². The first-order valence-corrected chi connectivity index (χ1v) is 7.61. The van der Waals surface area contributed by atoms with Crippen molar-refractivity contribution in [1.29, 1.82) is 0 Å². The van der Waals surface area contributed by atoms with Crippen LogP contribution < -0.4 is 0 Å². The molecular formula is C19H18ClN. The van der Waals surface area contributed by atoms with E-state index in [1.807, 2.05) is 13.0 Å². The minimum absolute atomic E-state index is 0.796. The largest absolute Gasteiger partial charge is 0.310 e. The van der Waals surface area contributed by atoms with Gasteiger partial charge in [-0.15, -0.1) is 0 Å². The summed E-state index contributed by atoms with van der Waals surface area (Å²) in [5, 5.41) is 2.10. The number of nitrogens with zero attached hydrogens (tertiary/aromatic N) is 1. The van der Waals surface area contributed by atoms with Crippen molar-refractivity contribution in [3.63, 3.8) is 0 Å². The van der Waals surface area contributed by atoms with Gasteiger partial charge in [-0.2, -0.15) is 0 Å². The molecule has 0 fully saturated rings. The van der Waals surface area contributed by atoms with Crippen LogP contribution in [0.15, 0.2) is 59.6 Å². The lowest BCUT2D eigenvalue weighted by molar-refractivity contribution is 1.06. The molecule has 3 rings (SSSR count). The van der Waals surface area contributed by atoms with Gasteiger partial charge in [0.25, 0.3) is 0 Å². The lowest BCUT2D eigenvalue weighted by Gasteiger charge is -2.09. The third-order valence-corrected chi connectivity index (χ3v) is 3.83. The molecule has 0 unspecified atom stereocenters. The van der Waals surface area contributed by atoms with Crippen LogP contribution in [0.25, 0.3) is 22.7 Å². The van der Waals surface area contributed by atoms with Crippen molar-refractivity contribution in [3.8, 4) is 5.69 Å². The van der Waals surface area contributed by atoms with Crippen LogP contribution in [-0.2, 0) is 6.42 Å². The molecule has 1 nitrogen and oxygen atoms in total. The molecule has 21 heavy (non-hydrogen) atoms. The molecule has 0 N–H and O–H groups in total. The molecule has 0 bridgehead atoms. The second-order valence-corrected chi connectivity index (χ2v) is 5.73. The van der Waals surface area contributed by atoms with E-state index in [1.165, 1.54) is 22.2 Å². The van der Waals surface area contributed by atoms with Gasteiger partial charge in [-0.3, -0.25) is 0 Å². The van der Waals surface area contributed by atoms with Gasteiger partial charge in [-0.1, -0.05) is 54.9 Å². The highest BCUT2D eigenvalue weighted by Crippen LogP contribution is 2.31. The van der Waals surface area contributed by atoms with E-state index < -0.39 is 0 Å². The van der Waals surface area contributed by atoms with Crippen LogP contribution in [0.2, 0.25) is 0 Å². The molecule has 0 aliphatic heterocycles. The maximum Gasteiger partial charge on any atom is 0.0537 e. The normalized spacial score (nSPS) is 12.0. The van der Waals surface area contributed by atoms with E-state index in [0.29, 0.717) is 0 Å². The molecule has 3 aromatic rings. The SMILES string of the molecule is CCc1c(/C=C(\C)Cl)n(-c2ccccc2)c2ccccc12. The molecule has 2 aromatic carbocycles. The summed E-state index contributed by atoms with van der Waals surface area (Å²) in [7, 11) is 0. The van der Waals surface area contributed by atoms with Crippen LogP contribution in [0.4, 0.5) is 0 Å². The van der Waals surface area contributed by atoms with Gasteiger partial charge in [-0.05, 0) is 43.2 Å². The number of allylic oxidation sites excluding steroid dienone is 1. The summed E-state index contributed by atoms with van der Waals surface area (Å²) in [5.41, 5.74) is 4.91. The first kappa shape index (κ1) is 14.0. The Labute approximate surface area is 130 Å². The monoisotopic (exact) mass is 295 g/mol. The van der Waals surface area contributed by atoms with Crippen LogP contribution in [0.5, 0.6) is 0 Å². The third kappa shape index (κ3) is 2.50. The number of rotatable bonds is 3. The molecule has 0 saturated carbocycles. The van der Waals surface area contributed by atoms with Gasteiger partial charge >= 0.3 is 0 Å². The van der Waals surface area contributed by atoms with Gasteiger partial charge in [0.15, 0.2) is 0 Å². The molecule has 0 radical (unpaired) electrons. The van der Waals surface area contributed by atoms with Gasteiger partial charge in [-0.25, -0.2) is 0 Å². The van der Waals surface area contributed by atoms with E-state index in [-0.39, 0.29) is 0 Å². The highest BCUT2D eigenvalue weighted by atomic mass is 35.5. The number of benzene rings is 2. The van der Waals surface area contributed by atoms with Gasteiger partial charge in [0.2, 0.25) is 0 Å². The summed E-state index contributed by atoms with van der Waals surface area (Å²) in [5.74, 6) is 0. The lowest BCUT2D eigenvalue weighted by Crippen LogP contribution is -1.97. The van der Waals surface area contributed by atoms with Crippen molar-refractivity contribution in [2.24, 2.45) is 0 Å². The first-order chi connectivity index (χ1) is 10.2. The lowest BCUT2D eigenvalue weighted by atomic mass is 10.1. The average Bonchev–Trinajstić information content (AvgIpc) is 2.80. The zero-order valence-corrected chi connectivity index (χ0v) is 13.1. The van der Waals surface area contributed by atoms with Gasteiger partial charge in [0, 0.05) is 16.1 Å². The molecule has 0 amide bonds. The summed E-state index contributed by atoms with van der Waals surface area (Å²) in [4.78, 5) is 0. The number of halogens is 1. The highest BCUT2D eigenvalue weighted by Gasteiger charge is 2.15. The Hall–Kier alpha value is -1.99. The quantitative estimate of drug-likeness (QED) is 0.576. The van der Waals surface area contributed by atoms with Crippen molar-refractivity contribution in [2.45, 2.75) is 20.3 Å². The number of aromatic nitrogens is 1. The molecule has 2 heteroatoms. The van der Waals surface area contributed by atoms with E-state index in [0.717, 1.165) is 17.1 Å². The smallest absolute Gasteiger partial charge is 0.0537 e. The predicted octanol–water partition coefficient (Wildman–Crippen LogP) is 5.79. The second-order valence-electron chi connectivity index (χ2n) is 5.14. The average molecular weight is 296 g/mol. The molecule has 0 spiro atoms. The van der Waals surface area contributed by atoms with Crippen molar-refractivity contribution in [1.82, 2.24) is 4.57 Å². The number of para-hydroxylation sites is 2. The Morgan fingerprint density at radius 2 is 1.71 bits per heavy atom. The van der Waals surface area contributed by atoms with Crippen LogP contribution in [0.1, 0.15) is 25.1 Å². The fourth-order valence-electron chi connectivity index (χ4n) is 2.89. The molecule has 0 aliphatic carbocycles. The van der Waals surface area contributed by atoms with E-state index in [1.54, 1.807) is 0 Å². The van der Waals surface area contributed by atoms with E-state index >= 15 is 0 Å². The number of fused-ring (bicyclic) bond motifs is 1. The van der Waals surface area contributed by atoms with Gasteiger partial charge < -0.3 is 4.57 Å².